The van der Waals surface area contributed by atoms with Gasteiger partial charge in [-0.15, -0.1) is 11.8 Å². The molecule has 0 heterocycles. The van der Waals surface area contributed by atoms with E-state index in [4.69, 9.17) is 4.74 Å². The van der Waals surface area contributed by atoms with E-state index in [1.807, 2.05) is 6.92 Å². The topological polar surface area (TPSA) is 38.3 Å². The van der Waals surface area contributed by atoms with Crippen molar-refractivity contribution in [1.29, 1.82) is 0 Å². The highest BCUT2D eigenvalue weighted by molar-refractivity contribution is 8.00. The van der Waals surface area contributed by atoms with Crippen molar-refractivity contribution < 1.29 is 9.53 Å². The smallest absolute Gasteiger partial charge is 0.315 e. The number of hydrogen-bond acceptors (Lipinski definition) is 4. The molecule has 1 saturated carbocycles. The average Bonchev–Trinajstić information content (AvgIpc) is 2.35. The van der Waals surface area contributed by atoms with Crippen LogP contribution < -0.4 is 5.32 Å². The fourth-order valence-electron chi connectivity index (χ4n) is 2.64. The molecule has 2 unspecified atom stereocenters. The van der Waals surface area contributed by atoms with E-state index in [0.29, 0.717) is 29.1 Å². The van der Waals surface area contributed by atoms with Crippen molar-refractivity contribution in [3.63, 3.8) is 0 Å². The zero-order valence-corrected chi connectivity index (χ0v) is 13.6. The number of carbonyl (C=O) groups excluding carboxylic acids is 1. The standard InChI is InChI=1S/C15H29NO2S/c1-5-9-16-12-7-8-15(3,4)10-13(12)19-11-14(17)18-6-2/h12-13,16H,5-11H2,1-4H3. The largest absolute Gasteiger partial charge is 0.465 e. The van der Waals surface area contributed by atoms with Crippen LogP contribution in [0.2, 0.25) is 0 Å². The molecule has 1 fully saturated rings. The van der Waals surface area contributed by atoms with Crippen molar-refractivity contribution in [2.75, 3.05) is 18.9 Å². The van der Waals surface area contributed by atoms with Gasteiger partial charge < -0.3 is 10.1 Å². The number of esters is 1. The van der Waals surface area contributed by atoms with Crippen molar-refractivity contribution in [2.24, 2.45) is 5.41 Å². The molecule has 0 saturated heterocycles. The summed E-state index contributed by atoms with van der Waals surface area (Å²) in [5.41, 5.74) is 0.400. The summed E-state index contributed by atoms with van der Waals surface area (Å²) in [5.74, 6) is 0.406. The molecule has 2 atom stereocenters. The Hall–Kier alpha value is -0.220. The van der Waals surface area contributed by atoms with Crippen molar-refractivity contribution in [3.8, 4) is 0 Å². The van der Waals surface area contributed by atoms with E-state index < -0.39 is 0 Å². The fraction of sp³-hybridized carbons (Fsp3) is 0.933. The summed E-state index contributed by atoms with van der Waals surface area (Å²) < 4.78 is 5.02. The second-order valence-corrected chi connectivity index (χ2v) is 7.35. The van der Waals surface area contributed by atoms with Gasteiger partial charge >= 0.3 is 5.97 Å². The molecule has 0 aromatic heterocycles. The van der Waals surface area contributed by atoms with E-state index in [1.165, 1.54) is 19.3 Å². The van der Waals surface area contributed by atoms with Crippen molar-refractivity contribution in [3.05, 3.63) is 0 Å². The maximum Gasteiger partial charge on any atom is 0.315 e. The van der Waals surface area contributed by atoms with Crippen LogP contribution in [0, 0.1) is 5.41 Å². The maximum absolute atomic E-state index is 11.5. The molecule has 1 aliphatic rings. The summed E-state index contributed by atoms with van der Waals surface area (Å²) in [6, 6.07) is 0.549. The van der Waals surface area contributed by atoms with Gasteiger partial charge in [0.15, 0.2) is 0 Å². The van der Waals surface area contributed by atoms with Crippen LogP contribution in [0.25, 0.3) is 0 Å². The second-order valence-electron chi connectivity index (χ2n) is 6.12. The van der Waals surface area contributed by atoms with E-state index in [1.54, 1.807) is 11.8 Å². The normalized spacial score (nSPS) is 26.1. The predicted molar refractivity (Wildman–Crippen MR) is 82.6 cm³/mol. The number of hydrogen-bond donors (Lipinski definition) is 1. The third-order valence-electron chi connectivity index (χ3n) is 3.71. The Labute approximate surface area is 122 Å². The molecule has 1 rings (SSSR count). The Morgan fingerprint density at radius 2 is 2.16 bits per heavy atom. The van der Waals surface area contributed by atoms with Gasteiger partial charge in [-0.3, -0.25) is 4.79 Å². The van der Waals surface area contributed by atoms with Crippen molar-refractivity contribution >= 4 is 17.7 Å². The van der Waals surface area contributed by atoms with Gasteiger partial charge in [0.1, 0.15) is 0 Å². The van der Waals surface area contributed by atoms with Crippen LogP contribution in [0.3, 0.4) is 0 Å². The minimum Gasteiger partial charge on any atom is -0.465 e. The number of rotatable bonds is 7. The lowest BCUT2D eigenvalue weighted by Crippen LogP contribution is -2.45. The Morgan fingerprint density at radius 1 is 1.42 bits per heavy atom. The lowest BCUT2D eigenvalue weighted by atomic mass is 9.75. The van der Waals surface area contributed by atoms with E-state index in [0.717, 1.165) is 13.0 Å². The zero-order valence-electron chi connectivity index (χ0n) is 12.8. The van der Waals surface area contributed by atoms with Crippen molar-refractivity contribution in [1.82, 2.24) is 5.32 Å². The number of nitrogens with one attached hydrogen (secondary N) is 1. The highest BCUT2D eigenvalue weighted by Gasteiger charge is 2.35. The minimum absolute atomic E-state index is 0.0786. The van der Waals surface area contributed by atoms with Crippen LogP contribution in [0.1, 0.15) is 53.4 Å². The Morgan fingerprint density at radius 3 is 2.79 bits per heavy atom. The highest BCUT2D eigenvalue weighted by Crippen LogP contribution is 2.40. The zero-order chi connectivity index (χ0) is 14.3. The lowest BCUT2D eigenvalue weighted by molar-refractivity contribution is -0.139. The molecule has 4 heteroatoms. The Bertz CT molecular complexity index is 281. The van der Waals surface area contributed by atoms with Crippen LogP contribution in [0.15, 0.2) is 0 Å². The molecule has 0 aliphatic heterocycles. The molecular formula is C15H29NO2S. The SMILES string of the molecule is CCCNC1CCC(C)(C)CC1SCC(=O)OCC. The third kappa shape index (κ3) is 6.17. The quantitative estimate of drug-likeness (QED) is 0.730. The molecule has 3 nitrogen and oxygen atoms in total. The first kappa shape index (κ1) is 16.8. The van der Waals surface area contributed by atoms with Gasteiger partial charge in [0.2, 0.25) is 0 Å². The monoisotopic (exact) mass is 287 g/mol. The number of carbonyl (C=O) groups is 1. The second kappa shape index (κ2) is 8.15. The Balaban J connectivity index is 2.48. The van der Waals surface area contributed by atoms with E-state index in [-0.39, 0.29) is 5.97 Å². The number of ether oxygens (including phenoxy) is 1. The fourth-order valence-corrected chi connectivity index (χ4v) is 4.10. The van der Waals surface area contributed by atoms with Gasteiger partial charge in [-0.25, -0.2) is 0 Å². The molecule has 0 radical (unpaired) electrons. The molecular weight excluding hydrogens is 258 g/mol. The van der Waals surface area contributed by atoms with Crippen LogP contribution in [-0.4, -0.2) is 36.2 Å². The van der Waals surface area contributed by atoms with Gasteiger partial charge in [0.05, 0.1) is 12.4 Å². The molecule has 0 bridgehead atoms. The Kier molecular flexibility index (Phi) is 7.22. The molecule has 0 spiro atoms. The lowest BCUT2D eigenvalue weighted by Gasteiger charge is -2.40. The molecule has 0 amide bonds. The molecule has 19 heavy (non-hydrogen) atoms. The summed E-state index contributed by atoms with van der Waals surface area (Å²) >= 11 is 1.77. The first-order valence-corrected chi connectivity index (χ1v) is 8.54. The van der Waals surface area contributed by atoms with Gasteiger partial charge in [-0.05, 0) is 44.6 Å². The molecule has 0 aromatic rings. The van der Waals surface area contributed by atoms with E-state index in [9.17, 15) is 4.79 Å². The summed E-state index contributed by atoms with van der Waals surface area (Å²) in [5, 5.41) is 4.17. The van der Waals surface area contributed by atoms with Gasteiger partial charge in [0, 0.05) is 11.3 Å². The predicted octanol–water partition coefficient (Wildman–Crippen LogP) is 3.23. The van der Waals surface area contributed by atoms with Crippen LogP contribution in [-0.2, 0) is 9.53 Å². The first-order valence-electron chi connectivity index (χ1n) is 7.49. The van der Waals surface area contributed by atoms with Crippen LogP contribution >= 0.6 is 11.8 Å². The average molecular weight is 287 g/mol. The first-order chi connectivity index (χ1) is 8.98. The summed E-state index contributed by atoms with van der Waals surface area (Å²) in [6.07, 6.45) is 4.83. The van der Waals surface area contributed by atoms with Gasteiger partial charge in [0.25, 0.3) is 0 Å². The molecule has 1 N–H and O–H groups in total. The highest BCUT2D eigenvalue weighted by atomic mass is 32.2. The van der Waals surface area contributed by atoms with Crippen LogP contribution in [0.5, 0.6) is 0 Å². The summed E-state index contributed by atoms with van der Waals surface area (Å²) in [7, 11) is 0. The molecule has 0 aromatic carbocycles. The van der Waals surface area contributed by atoms with Crippen LogP contribution in [0.4, 0.5) is 0 Å². The maximum atomic E-state index is 11.5. The minimum atomic E-state index is -0.0786. The van der Waals surface area contributed by atoms with Gasteiger partial charge in [-0.2, -0.15) is 0 Å². The van der Waals surface area contributed by atoms with Gasteiger partial charge in [-0.1, -0.05) is 20.8 Å². The molecule has 112 valence electrons. The molecule has 1 aliphatic carbocycles. The van der Waals surface area contributed by atoms with E-state index in [2.05, 4.69) is 26.1 Å². The van der Waals surface area contributed by atoms with E-state index >= 15 is 0 Å². The third-order valence-corrected chi connectivity index (χ3v) is 5.04. The summed E-state index contributed by atoms with van der Waals surface area (Å²) in [6.45, 7) is 10.3. The summed E-state index contributed by atoms with van der Waals surface area (Å²) in [4.78, 5) is 11.5. The van der Waals surface area contributed by atoms with Crippen molar-refractivity contribution in [2.45, 2.75) is 64.7 Å². The number of thioether (sulfide) groups is 1.